The van der Waals surface area contributed by atoms with Crippen LogP contribution in [0.15, 0.2) is 28.8 Å². The van der Waals surface area contributed by atoms with Crippen molar-refractivity contribution in [2.75, 3.05) is 23.8 Å². The van der Waals surface area contributed by atoms with E-state index in [9.17, 15) is 9.18 Å². The van der Waals surface area contributed by atoms with E-state index >= 15 is 0 Å². The Morgan fingerprint density at radius 3 is 2.91 bits per heavy atom. The minimum Gasteiger partial charge on any atom is -0.360 e. The molecule has 120 valence electrons. The summed E-state index contributed by atoms with van der Waals surface area (Å²) < 4.78 is 20.0. The molecule has 3 aromatic rings. The Labute approximate surface area is 131 Å². The molecule has 1 amide bonds. The molecule has 2 heterocycles. The van der Waals surface area contributed by atoms with Gasteiger partial charge in [0.25, 0.3) is 0 Å². The topological polar surface area (TPSA) is 76.2 Å². The number of aryl methyl sites for hydroxylation is 2. The Morgan fingerprint density at radius 2 is 2.22 bits per heavy atom. The van der Waals surface area contributed by atoms with E-state index in [2.05, 4.69) is 15.5 Å². The maximum absolute atomic E-state index is 13.3. The number of imidazole rings is 1. The fourth-order valence-electron chi connectivity index (χ4n) is 2.39. The third-order valence-corrected chi connectivity index (χ3v) is 3.44. The van der Waals surface area contributed by atoms with Crippen molar-refractivity contribution in [2.45, 2.75) is 6.92 Å². The summed E-state index contributed by atoms with van der Waals surface area (Å²) in [6.07, 6.45) is 0. The number of nitrogens with one attached hydrogen (secondary N) is 1. The molecule has 1 N–H and O–H groups in total. The van der Waals surface area contributed by atoms with E-state index in [1.54, 1.807) is 42.6 Å². The van der Waals surface area contributed by atoms with E-state index in [0.29, 0.717) is 28.6 Å². The molecule has 0 fully saturated rings. The van der Waals surface area contributed by atoms with E-state index < -0.39 is 0 Å². The van der Waals surface area contributed by atoms with Crippen molar-refractivity contribution in [2.24, 2.45) is 7.05 Å². The average molecular weight is 317 g/mol. The molecule has 0 saturated heterocycles. The summed E-state index contributed by atoms with van der Waals surface area (Å²) >= 11 is 0. The van der Waals surface area contributed by atoms with Crippen LogP contribution in [-0.2, 0) is 11.8 Å². The summed E-state index contributed by atoms with van der Waals surface area (Å²) in [6, 6.07) is 6.02. The lowest BCUT2D eigenvalue weighted by Crippen LogP contribution is -2.31. The summed E-state index contributed by atoms with van der Waals surface area (Å²) in [6.45, 7) is 1.82. The maximum atomic E-state index is 13.3. The number of fused-ring (bicyclic) bond motifs is 1. The molecule has 0 radical (unpaired) electrons. The Balaban J connectivity index is 1.76. The second kappa shape index (κ2) is 5.71. The molecule has 8 heteroatoms. The van der Waals surface area contributed by atoms with Crippen molar-refractivity contribution in [3.05, 3.63) is 35.8 Å². The molecule has 0 bridgehead atoms. The van der Waals surface area contributed by atoms with Gasteiger partial charge in [0.15, 0.2) is 5.82 Å². The number of halogens is 1. The second-order valence-corrected chi connectivity index (χ2v) is 5.33. The predicted octanol–water partition coefficient (Wildman–Crippen LogP) is 2.08. The van der Waals surface area contributed by atoms with Crippen LogP contribution in [0.5, 0.6) is 0 Å². The lowest BCUT2D eigenvalue weighted by atomic mass is 10.3. The van der Waals surface area contributed by atoms with Gasteiger partial charge in [-0.15, -0.1) is 0 Å². The fraction of sp³-hybridized carbons (Fsp3) is 0.267. The lowest BCUT2D eigenvalue weighted by molar-refractivity contribution is -0.115. The van der Waals surface area contributed by atoms with Gasteiger partial charge in [0.05, 0.1) is 17.6 Å². The van der Waals surface area contributed by atoms with Crippen molar-refractivity contribution in [1.82, 2.24) is 14.7 Å². The van der Waals surface area contributed by atoms with Crippen molar-refractivity contribution >= 4 is 28.7 Å². The molecule has 3 rings (SSSR count). The fourth-order valence-corrected chi connectivity index (χ4v) is 2.39. The minimum atomic E-state index is -0.325. The summed E-state index contributed by atoms with van der Waals surface area (Å²) in [5, 5.41) is 6.35. The van der Waals surface area contributed by atoms with E-state index in [-0.39, 0.29) is 18.3 Å². The zero-order chi connectivity index (χ0) is 16.6. The van der Waals surface area contributed by atoms with Gasteiger partial charge in [-0.3, -0.25) is 4.79 Å². The summed E-state index contributed by atoms with van der Waals surface area (Å²) in [4.78, 5) is 18.2. The molecule has 2 aromatic heterocycles. The molecule has 0 aliphatic heterocycles. The van der Waals surface area contributed by atoms with E-state index in [1.165, 1.54) is 12.1 Å². The van der Waals surface area contributed by atoms with E-state index in [0.717, 1.165) is 0 Å². The SMILES string of the molecule is Cc1cc(NC(=O)CN(C)c2nc3ccc(F)cc3n2C)no1. The first-order valence-corrected chi connectivity index (χ1v) is 7.00. The average Bonchev–Trinajstić information content (AvgIpc) is 3.03. The zero-order valence-corrected chi connectivity index (χ0v) is 13.0. The number of aromatic nitrogens is 3. The van der Waals surface area contributed by atoms with Crippen LogP contribution in [0, 0.1) is 12.7 Å². The molecule has 0 atom stereocenters. The number of rotatable bonds is 4. The first-order valence-electron chi connectivity index (χ1n) is 7.00. The predicted molar refractivity (Wildman–Crippen MR) is 83.8 cm³/mol. The Morgan fingerprint density at radius 1 is 1.43 bits per heavy atom. The third kappa shape index (κ3) is 3.01. The highest BCUT2D eigenvalue weighted by Gasteiger charge is 2.16. The summed E-state index contributed by atoms with van der Waals surface area (Å²) in [5.74, 6) is 0.976. The standard InChI is InChI=1S/C15H16FN5O2/c1-9-6-13(19-23-9)18-14(22)8-20(2)15-17-11-5-4-10(16)7-12(11)21(15)3/h4-7H,8H2,1-3H3,(H,18,19,22). The van der Waals surface area contributed by atoms with Crippen molar-refractivity contribution in [1.29, 1.82) is 0 Å². The van der Waals surface area contributed by atoms with Crippen LogP contribution in [0.2, 0.25) is 0 Å². The number of hydrogen-bond donors (Lipinski definition) is 1. The molecule has 1 aromatic carbocycles. The molecule has 0 unspecified atom stereocenters. The number of anilines is 2. The van der Waals surface area contributed by atoms with Crippen LogP contribution in [0.3, 0.4) is 0 Å². The van der Waals surface area contributed by atoms with Crippen LogP contribution < -0.4 is 10.2 Å². The number of carbonyl (C=O) groups is 1. The van der Waals surface area contributed by atoms with E-state index in [1.807, 2.05) is 0 Å². The molecule has 0 aliphatic rings. The number of benzene rings is 1. The Hall–Kier alpha value is -2.90. The number of carbonyl (C=O) groups excluding carboxylic acids is 1. The molecule has 0 saturated carbocycles. The normalized spacial score (nSPS) is 11.0. The van der Waals surface area contributed by atoms with Gasteiger partial charge in [-0.25, -0.2) is 9.37 Å². The number of amides is 1. The first-order chi connectivity index (χ1) is 10.9. The molecule has 7 nitrogen and oxygen atoms in total. The molecule has 0 aliphatic carbocycles. The highest BCUT2D eigenvalue weighted by atomic mass is 19.1. The molecule has 0 spiro atoms. The van der Waals surface area contributed by atoms with Crippen LogP contribution in [-0.4, -0.2) is 34.2 Å². The van der Waals surface area contributed by atoms with Gasteiger partial charge >= 0.3 is 0 Å². The van der Waals surface area contributed by atoms with Crippen LogP contribution in [0.1, 0.15) is 5.76 Å². The highest BCUT2D eigenvalue weighted by Crippen LogP contribution is 2.21. The number of likely N-dealkylation sites (N-methyl/N-ethyl adjacent to an activating group) is 1. The molecular formula is C15H16FN5O2. The number of nitrogens with zero attached hydrogens (tertiary/aromatic N) is 4. The summed E-state index contributed by atoms with van der Waals surface area (Å²) in [5.41, 5.74) is 1.34. The van der Waals surface area contributed by atoms with Gasteiger partial charge in [-0.05, 0) is 25.1 Å². The highest BCUT2D eigenvalue weighted by molar-refractivity contribution is 5.93. The van der Waals surface area contributed by atoms with Crippen molar-refractivity contribution < 1.29 is 13.7 Å². The van der Waals surface area contributed by atoms with Crippen LogP contribution >= 0.6 is 0 Å². The smallest absolute Gasteiger partial charge is 0.245 e. The minimum absolute atomic E-state index is 0.0750. The quantitative estimate of drug-likeness (QED) is 0.797. The van der Waals surface area contributed by atoms with Gasteiger partial charge < -0.3 is 19.3 Å². The largest absolute Gasteiger partial charge is 0.360 e. The second-order valence-electron chi connectivity index (χ2n) is 5.33. The number of hydrogen-bond acceptors (Lipinski definition) is 5. The zero-order valence-electron chi connectivity index (χ0n) is 13.0. The Bertz CT molecular complexity index is 870. The maximum Gasteiger partial charge on any atom is 0.245 e. The summed E-state index contributed by atoms with van der Waals surface area (Å²) in [7, 11) is 3.52. The molecule has 23 heavy (non-hydrogen) atoms. The Kier molecular flexibility index (Phi) is 3.73. The third-order valence-electron chi connectivity index (χ3n) is 3.44. The first kappa shape index (κ1) is 15.0. The van der Waals surface area contributed by atoms with Gasteiger partial charge in [0, 0.05) is 20.2 Å². The van der Waals surface area contributed by atoms with Crippen molar-refractivity contribution in [3.8, 4) is 0 Å². The van der Waals surface area contributed by atoms with Crippen LogP contribution in [0.4, 0.5) is 16.2 Å². The van der Waals surface area contributed by atoms with Gasteiger partial charge in [-0.2, -0.15) is 0 Å². The van der Waals surface area contributed by atoms with Gasteiger partial charge in [0.1, 0.15) is 11.6 Å². The monoisotopic (exact) mass is 317 g/mol. The molecular weight excluding hydrogens is 301 g/mol. The van der Waals surface area contributed by atoms with Gasteiger partial charge in [0.2, 0.25) is 11.9 Å². The van der Waals surface area contributed by atoms with Crippen molar-refractivity contribution in [3.63, 3.8) is 0 Å². The van der Waals surface area contributed by atoms with Crippen LogP contribution in [0.25, 0.3) is 11.0 Å². The van der Waals surface area contributed by atoms with Gasteiger partial charge in [-0.1, -0.05) is 5.16 Å². The van der Waals surface area contributed by atoms with E-state index in [4.69, 9.17) is 4.52 Å². The lowest BCUT2D eigenvalue weighted by Gasteiger charge is -2.17.